The first-order valence-electron chi connectivity index (χ1n) is 12.9. The van der Waals surface area contributed by atoms with Gasteiger partial charge in [0.25, 0.3) is 0 Å². The number of nitrogens with one attached hydrogen (secondary N) is 2. The van der Waals surface area contributed by atoms with Crippen molar-refractivity contribution in [2.75, 3.05) is 51.1 Å². The van der Waals surface area contributed by atoms with Crippen molar-refractivity contribution in [2.45, 2.75) is 32.6 Å². The number of benzene rings is 2. The number of rotatable bonds is 10. The lowest BCUT2D eigenvalue weighted by Crippen LogP contribution is -2.32. The summed E-state index contributed by atoms with van der Waals surface area (Å²) in [6.07, 6.45) is 3.65. The lowest BCUT2D eigenvalue weighted by atomic mass is 9.98. The van der Waals surface area contributed by atoms with E-state index in [9.17, 15) is 4.79 Å². The first-order chi connectivity index (χ1) is 18.4. The molecule has 38 heavy (non-hydrogen) atoms. The molecule has 4 rings (SSSR count). The molecule has 1 saturated heterocycles. The second-order valence-corrected chi connectivity index (χ2v) is 10.5. The Labute approximate surface area is 234 Å². The standard InChI is InChI=1S/C28H35Cl2N5O3/c1-19-26(32-28(36)31-25-17-24(30)23(29)16-21(25)8-7-15-37-3)35(22-9-5-4-6-10-22)33-27(19)38-18-20-11-13-34(2)14-12-20/h4-6,9-10,16-17,20H,7-8,11-15,18H2,1-3H3,(H2,31,32,36). The Kier molecular flexibility index (Phi) is 9.91. The monoisotopic (exact) mass is 559 g/mol. The van der Waals surface area contributed by atoms with Crippen LogP contribution in [0.5, 0.6) is 5.88 Å². The lowest BCUT2D eigenvalue weighted by Gasteiger charge is -2.28. The van der Waals surface area contributed by atoms with Crippen LogP contribution in [-0.4, -0.2) is 61.2 Å². The van der Waals surface area contributed by atoms with E-state index in [0.717, 1.165) is 49.2 Å². The molecule has 0 bridgehead atoms. The number of methoxy groups -OCH3 is 1. The maximum Gasteiger partial charge on any atom is 0.324 e. The summed E-state index contributed by atoms with van der Waals surface area (Å²) in [4.78, 5) is 15.6. The van der Waals surface area contributed by atoms with E-state index in [1.54, 1.807) is 23.9 Å². The third-order valence-electron chi connectivity index (χ3n) is 6.79. The Morgan fingerprint density at radius 3 is 2.53 bits per heavy atom. The van der Waals surface area contributed by atoms with Gasteiger partial charge in [-0.15, -0.1) is 5.10 Å². The van der Waals surface area contributed by atoms with Crippen LogP contribution in [0.1, 0.15) is 30.4 Å². The third kappa shape index (κ3) is 7.20. The summed E-state index contributed by atoms with van der Waals surface area (Å²) < 4.78 is 13.1. The molecule has 0 spiro atoms. The molecule has 0 radical (unpaired) electrons. The zero-order chi connectivity index (χ0) is 27.1. The fraction of sp³-hybridized carbons (Fsp3) is 0.429. The smallest absolute Gasteiger partial charge is 0.324 e. The van der Waals surface area contributed by atoms with Crippen molar-refractivity contribution >= 4 is 40.7 Å². The molecule has 2 amide bonds. The van der Waals surface area contributed by atoms with E-state index in [2.05, 4.69) is 22.6 Å². The average molecular weight is 561 g/mol. The van der Waals surface area contributed by atoms with Gasteiger partial charge in [0.2, 0.25) is 5.88 Å². The number of aromatic nitrogens is 2. The molecule has 3 aromatic rings. The number of carbonyl (C=O) groups excluding carboxylic acids is 1. The Hall–Kier alpha value is -2.78. The van der Waals surface area contributed by atoms with Crippen LogP contribution >= 0.6 is 23.2 Å². The van der Waals surface area contributed by atoms with Crippen molar-refractivity contribution in [3.8, 4) is 11.6 Å². The van der Waals surface area contributed by atoms with E-state index in [-0.39, 0.29) is 0 Å². The number of likely N-dealkylation sites (tertiary alicyclic amines) is 1. The number of nitrogens with zero attached hydrogens (tertiary/aromatic N) is 3. The van der Waals surface area contributed by atoms with Gasteiger partial charge in [-0.1, -0.05) is 41.4 Å². The van der Waals surface area contributed by atoms with E-state index >= 15 is 0 Å². The van der Waals surface area contributed by atoms with E-state index < -0.39 is 6.03 Å². The molecular formula is C28H35Cl2N5O3. The summed E-state index contributed by atoms with van der Waals surface area (Å²) in [6.45, 7) is 5.24. The molecule has 1 aromatic heterocycles. The van der Waals surface area contributed by atoms with Gasteiger partial charge in [0.1, 0.15) is 5.82 Å². The van der Waals surface area contributed by atoms with Gasteiger partial charge in [-0.2, -0.15) is 0 Å². The topological polar surface area (TPSA) is 80.7 Å². The van der Waals surface area contributed by atoms with Crippen LogP contribution in [0.25, 0.3) is 5.69 Å². The van der Waals surface area contributed by atoms with Gasteiger partial charge in [0.05, 0.1) is 27.9 Å². The number of hydrogen-bond acceptors (Lipinski definition) is 5. The van der Waals surface area contributed by atoms with Gasteiger partial charge in [0, 0.05) is 19.4 Å². The summed E-state index contributed by atoms with van der Waals surface area (Å²) in [5, 5.41) is 11.4. The SMILES string of the molecule is COCCCc1cc(Cl)c(Cl)cc1NC(=O)Nc1c(C)c(OCC2CCN(C)CC2)nn1-c1ccccc1. The first-order valence-corrected chi connectivity index (χ1v) is 13.6. The highest BCUT2D eigenvalue weighted by Gasteiger charge is 2.22. The largest absolute Gasteiger partial charge is 0.476 e. The number of urea groups is 1. The van der Waals surface area contributed by atoms with Crippen molar-refractivity contribution < 1.29 is 14.3 Å². The van der Waals surface area contributed by atoms with Crippen molar-refractivity contribution in [3.05, 3.63) is 63.6 Å². The summed E-state index contributed by atoms with van der Waals surface area (Å²) in [7, 11) is 3.80. The molecular weight excluding hydrogens is 525 g/mol. The average Bonchev–Trinajstić information content (AvgIpc) is 3.22. The minimum Gasteiger partial charge on any atom is -0.476 e. The molecule has 10 heteroatoms. The normalized spacial score (nSPS) is 14.4. The number of aryl methyl sites for hydroxylation is 1. The van der Waals surface area contributed by atoms with Crippen LogP contribution in [0.4, 0.5) is 16.3 Å². The van der Waals surface area contributed by atoms with Crippen LogP contribution in [-0.2, 0) is 11.2 Å². The fourth-order valence-electron chi connectivity index (χ4n) is 4.52. The zero-order valence-electron chi connectivity index (χ0n) is 22.1. The maximum absolute atomic E-state index is 13.2. The van der Waals surface area contributed by atoms with Gasteiger partial charge in [0.15, 0.2) is 0 Å². The number of ether oxygens (including phenoxy) is 2. The highest BCUT2D eigenvalue weighted by Crippen LogP contribution is 2.32. The molecule has 2 heterocycles. The second kappa shape index (κ2) is 13.3. The molecule has 1 aliphatic rings. The Morgan fingerprint density at radius 1 is 1.11 bits per heavy atom. The van der Waals surface area contributed by atoms with Crippen LogP contribution in [0.3, 0.4) is 0 Å². The van der Waals surface area contributed by atoms with Gasteiger partial charge in [-0.3, -0.25) is 5.32 Å². The molecule has 8 nitrogen and oxygen atoms in total. The Bertz CT molecular complexity index is 1230. The van der Waals surface area contributed by atoms with Crippen molar-refractivity contribution in [1.82, 2.24) is 14.7 Å². The lowest BCUT2D eigenvalue weighted by molar-refractivity contribution is 0.156. The maximum atomic E-state index is 13.2. The molecule has 2 aromatic carbocycles. The molecule has 1 aliphatic heterocycles. The number of amides is 2. The number of piperidine rings is 1. The van der Waals surface area contributed by atoms with Crippen molar-refractivity contribution in [3.63, 3.8) is 0 Å². The minimum absolute atomic E-state index is 0.368. The van der Waals surface area contributed by atoms with Gasteiger partial charge in [-0.25, -0.2) is 9.48 Å². The number of anilines is 2. The number of hydrogen-bond donors (Lipinski definition) is 2. The molecule has 2 N–H and O–H groups in total. The number of carbonyl (C=O) groups is 1. The Balaban J connectivity index is 1.54. The predicted octanol–water partition coefficient (Wildman–Crippen LogP) is 6.43. The van der Waals surface area contributed by atoms with Crippen molar-refractivity contribution in [1.29, 1.82) is 0 Å². The molecule has 204 valence electrons. The quantitative estimate of drug-likeness (QED) is 0.280. The van der Waals surface area contributed by atoms with Crippen LogP contribution in [0, 0.1) is 12.8 Å². The van der Waals surface area contributed by atoms with Crippen LogP contribution in [0.2, 0.25) is 10.0 Å². The third-order valence-corrected chi connectivity index (χ3v) is 7.52. The summed E-state index contributed by atoms with van der Waals surface area (Å²) in [5.41, 5.74) is 3.04. The molecule has 1 fully saturated rings. The van der Waals surface area contributed by atoms with Gasteiger partial charge < -0.3 is 19.7 Å². The van der Waals surface area contributed by atoms with Crippen LogP contribution < -0.4 is 15.4 Å². The first kappa shape index (κ1) is 28.2. The molecule has 0 atom stereocenters. The Morgan fingerprint density at radius 2 is 1.82 bits per heavy atom. The van der Waals surface area contributed by atoms with E-state index in [1.807, 2.05) is 37.3 Å². The van der Waals surface area contributed by atoms with Gasteiger partial charge >= 0.3 is 6.03 Å². The van der Waals surface area contributed by atoms with E-state index in [4.69, 9.17) is 37.8 Å². The van der Waals surface area contributed by atoms with E-state index in [0.29, 0.717) is 53.0 Å². The fourth-order valence-corrected chi connectivity index (χ4v) is 4.87. The van der Waals surface area contributed by atoms with Crippen LogP contribution in [0.15, 0.2) is 42.5 Å². The summed E-state index contributed by atoms with van der Waals surface area (Å²) in [5.74, 6) is 1.53. The highest BCUT2D eigenvalue weighted by molar-refractivity contribution is 6.42. The summed E-state index contributed by atoms with van der Waals surface area (Å²) >= 11 is 12.5. The second-order valence-electron chi connectivity index (χ2n) is 9.68. The van der Waals surface area contributed by atoms with Crippen molar-refractivity contribution in [2.24, 2.45) is 5.92 Å². The molecule has 0 unspecified atom stereocenters. The zero-order valence-corrected chi connectivity index (χ0v) is 23.6. The summed E-state index contributed by atoms with van der Waals surface area (Å²) in [6, 6.07) is 12.7. The minimum atomic E-state index is -0.418. The predicted molar refractivity (Wildman–Crippen MR) is 153 cm³/mol. The number of halogens is 2. The molecule has 0 saturated carbocycles. The number of para-hydroxylation sites is 1. The van der Waals surface area contributed by atoms with Gasteiger partial charge in [-0.05, 0) is 88.5 Å². The van der Waals surface area contributed by atoms with E-state index in [1.165, 1.54) is 0 Å². The molecule has 0 aliphatic carbocycles. The highest BCUT2D eigenvalue weighted by atomic mass is 35.5.